The van der Waals surface area contributed by atoms with Crippen LogP contribution in [0.3, 0.4) is 0 Å². The van der Waals surface area contributed by atoms with Crippen LogP contribution < -0.4 is 4.74 Å². The van der Waals surface area contributed by atoms with E-state index in [4.69, 9.17) is 9.47 Å². The van der Waals surface area contributed by atoms with Crippen LogP contribution in [0.5, 0.6) is 11.5 Å². The van der Waals surface area contributed by atoms with Gasteiger partial charge >= 0.3 is 0 Å². The molecule has 2 aromatic heterocycles. The van der Waals surface area contributed by atoms with E-state index < -0.39 is 0 Å². The minimum atomic E-state index is -0.0197. The van der Waals surface area contributed by atoms with E-state index in [0.29, 0.717) is 5.69 Å². The lowest BCUT2D eigenvalue weighted by Crippen LogP contribution is -2.12. The van der Waals surface area contributed by atoms with E-state index in [1.165, 1.54) is 5.56 Å². The summed E-state index contributed by atoms with van der Waals surface area (Å²) < 4.78 is 13.5. The molecule has 0 spiro atoms. The summed E-state index contributed by atoms with van der Waals surface area (Å²) in [5.41, 5.74) is 9.27. The molecule has 6 rings (SSSR count). The summed E-state index contributed by atoms with van der Waals surface area (Å²) in [6.45, 7) is 17.3. The minimum Gasteiger partial charge on any atom is -0.505 e. The number of phenolic OH excluding ortho intramolecular Hbond substituents is 1. The van der Waals surface area contributed by atoms with Crippen LogP contribution in [0.2, 0.25) is 0 Å². The van der Waals surface area contributed by atoms with Crippen LogP contribution in [0.1, 0.15) is 71.5 Å². The summed E-state index contributed by atoms with van der Waals surface area (Å²) in [6, 6.07) is 32.5. The molecule has 0 atom stereocenters. The van der Waals surface area contributed by atoms with E-state index in [0.717, 1.165) is 49.4 Å². The van der Waals surface area contributed by atoms with E-state index in [1.807, 2.05) is 86.8 Å². The third-order valence-electron chi connectivity index (χ3n) is 7.97. The number of hydrogen-bond acceptors (Lipinski definition) is 5. The number of aromatic nitrogens is 4. The van der Waals surface area contributed by atoms with Crippen LogP contribution in [-0.4, -0.2) is 39.0 Å². The van der Waals surface area contributed by atoms with Gasteiger partial charge in [0.2, 0.25) is 0 Å². The van der Waals surface area contributed by atoms with Gasteiger partial charge in [-0.25, -0.2) is 4.68 Å². The van der Waals surface area contributed by atoms with Crippen molar-refractivity contribution in [3.05, 3.63) is 136 Å². The molecule has 6 aromatic rings. The third kappa shape index (κ3) is 11.2. The predicted molar refractivity (Wildman–Crippen MR) is 215 cm³/mol. The van der Waals surface area contributed by atoms with Crippen LogP contribution >= 0.6 is 15.9 Å². The van der Waals surface area contributed by atoms with Crippen LogP contribution in [0, 0.1) is 13.8 Å². The molecule has 0 fully saturated rings. The monoisotopic (exact) mass is 752 g/mol. The molecule has 270 valence electrons. The van der Waals surface area contributed by atoms with Gasteiger partial charge < -0.3 is 14.6 Å². The smallest absolute Gasteiger partial charge is 0.188 e. The Balaban J connectivity index is 0.000000233. The Morgan fingerprint density at radius 1 is 0.765 bits per heavy atom. The molecule has 0 saturated carbocycles. The van der Waals surface area contributed by atoms with Gasteiger partial charge in [-0.15, -0.1) is 0 Å². The zero-order valence-corrected chi connectivity index (χ0v) is 32.2. The third-order valence-corrected chi connectivity index (χ3v) is 8.55. The molecule has 8 heteroatoms. The summed E-state index contributed by atoms with van der Waals surface area (Å²) in [7, 11) is 1.62. The fraction of sp³-hybridized carbons (Fsp3) is 0.302. The molecule has 4 aromatic carbocycles. The number of ether oxygens (including phenoxy) is 2. The number of hydrogen-bond donors (Lipinski definition) is 2. The Kier molecular flexibility index (Phi) is 14.4. The van der Waals surface area contributed by atoms with Crippen molar-refractivity contribution >= 4 is 15.9 Å². The highest BCUT2D eigenvalue weighted by Gasteiger charge is 2.21. The molecular formula is C43H53BrN4O3. The standard InChI is InChI=1S/C20H22N2O.C18H21BrO2.C4H6N2.CH4/c1-14-10-11-22(21-14)18-13-16(20(2,3)4)12-17(19(18)23)15-8-6-5-7-9-15;1-18(2,3)14-10-15(13-8-6-5-7-9-13)17(16(19)11-14)21-12-20-4;1-4-2-3-5-6-4;/h5-13,23H,1-4H3;5-11H,12H2,1-4H3;2-3H,1H3,(H,5,6);1H4. The van der Waals surface area contributed by atoms with Gasteiger partial charge in [-0.3, -0.25) is 5.10 Å². The number of H-pyrrole nitrogens is 1. The van der Waals surface area contributed by atoms with Crippen molar-refractivity contribution in [2.24, 2.45) is 0 Å². The topological polar surface area (TPSA) is 85.2 Å². The maximum atomic E-state index is 10.8. The number of aromatic amines is 1. The number of phenols is 1. The van der Waals surface area contributed by atoms with Crippen molar-refractivity contribution in [1.29, 1.82) is 0 Å². The van der Waals surface area contributed by atoms with Crippen LogP contribution in [0.15, 0.2) is 114 Å². The van der Waals surface area contributed by atoms with Crippen molar-refractivity contribution in [1.82, 2.24) is 20.0 Å². The van der Waals surface area contributed by atoms with Gasteiger partial charge in [0.1, 0.15) is 17.2 Å². The van der Waals surface area contributed by atoms with E-state index in [2.05, 4.69) is 103 Å². The zero-order valence-electron chi connectivity index (χ0n) is 30.6. The number of nitrogens with zero attached hydrogens (tertiary/aromatic N) is 3. The number of aryl methyl sites for hydroxylation is 2. The second kappa shape index (κ2) is 18.0. The quantitative estimate of drug-likeness (QED) is 0.165. The number of nitrogens with one attached hydrogen (secondary N) is 1. The zero-order chi connectivity index (χ0) is 36.5. The molecule has 0 saturated heterocycles. The second-order valence-corrected chi connectivity index (χ2v) is 15.0. The van der Waals surface area contributed by atoms with E-state index in [1.54, 1.807) is 18.0 Å². The highest BCUT2D eigenvalue weighted by Crippen LogP contribution is 2.41. The van der Waals surface area contributed by atoms with E-state index in [-0.39, 0.29) is 30.8 Å². The molecule has 2 heterocycles. The summed E-state index contributed by atoms with van der Waals surface area (Å²) in [5.74, 6) is 1.07. The number of halogens is 1. The number of aromatic hydroxyl groups is 1. The predicted octanol–water partition coefficient (Wildman–Crippen LogP) is 11.6. The molecular weight excluding hydrogens is 700 g/mol. The van der Waals surface area contributed by atoms with Gasteiger partial charge in [-0.1, -0.05) is 110 Å². The van der Waals surface area contributed by atoms with Gasteiger partial charge in [0, 0.05) is 36.3 Å². The molecule has 0 bridgehead atoms. The molecule has 0 aliphatic heterocycles. The van der Waals surface area contributed by atoms with Crippen molar-refractivity contribution in [3.8, 4) is 39.4 Å². The molecule has 51 heavy (non-hydrogen) atoms. The first-order chi connectivity index (χ1) is 23.7. The van der Waals surface area contributed by atoms with Gasteiger partial charge in [0.25, 0.3) is 0 Å². The molecule has 0 radical (unpaired) electrons. The first-order valence-electron chi connectivity index (χ1n) is 16.6. The van der Waals surface area contributed by atoms with E-state index >= 15 is 0 Å². The van der Waals surface area contributed by atoms with Gasteiger partial charge in [-0.2, -0.15) is 10.2 Å². The lowest BCUT2D eigenvalue weighted by molar-refractivity contribution is 0.0510. The summed E-state index contributed by atoms with van der Waals surface area (Å²) in [5, 5.41) is 21.7. The Labute approximate surface area is 312 Å². The highest BCUT2D eigenvalue weighted by molar-refractivity contribution is 9.10. The molecule has 0 aliphatic carbocycles. The second-order valence-electron chi connectivity index (χ2n) is 14.2. The summed E-state index contributed by atoms with van der Waals surface area (Å²) >= 11 is 3.64. The van der Waals surface area contributed by atoms with E-state index in [9.17, 15) is 5.11 Å². The van der Waals surface area contributed by atoms with Crippen molar-refractivity contribution in [2.75, 3.05) is 13.9 Å². The summed E-state index contributed by atoms with van der Waals surface area (Å²) in [4.78, 5) is 0. The lowest BCUT2D eigenvalue weighted by Gasteiger charge is -2.23. The fourth-order valence-corrected chi connectivity index (χ4v) is 5.64. The van der Waals surface area contributed by atoms with Crippen molar-refractivity contribution in [2.45, 2.75) is 73.6 Å². The number of benzene rings is 4. The Morgan fingerprint density at radius 2 is 1.31 bits per heavy atom. The van der Waals surface area contributed by atoms with Crippen LogP contribution in [-0.2, 0) is 15.6 Å². The van der Waals surface area contributed by atoms with Crippen LogP contribution in [0.4, 0.5) is 0 Å². The fourth-order valence-electron chi connectivity index (χ4n) is 5.06. The molecule has 0 aliphatic rings. The van der Waals surface area contributed by atoms with Gasteiger partial charge in [-0.05, 0) is 99.3 Å². The number of rotatable bonds is 6. The highest BCUT2D eigenvalue weighted by atomic mass is 79.9. The average molecular weight is 754 g/mol. The Hall–Kier alpha value is -4.66. The first-order valence-corrected chi connectivity index (χ1v) is 17.4. The molecule has 0 amide bonds. The normalized spacial score (nSPS) is 11.0. The lowest BCUT2D eigenvalue weighted by atomic mass is 9.84. The average Bonchev–Trinajstić information content (AvgIpc) is 3.75. The number of methoxy groups -OCH3 is 1. The Morgan fingerprint density at radius 3 is 1.76 bits per heavy atom. The van der Waals surface area contributed by atoms with Gasteiger partial charge in [0.15, 0.2) is 6.79 Å². The Bertz CT molecular complexity index is 1940. The largest absolute Gasteiger partial charge is 0.505 e. The maximum Gasteiger partial charge on any atom is 0.188 e. The first kappa shape index (κ1) is 40.8. The summed E-state index contributed by atoms with van der Waals surface area (Å²) in [6.07, 6.45) is 3.61. The maximum absolute atomic E-state index is 10.8. The molecule has 7 nitrogen and oxygen atoms in total. The molecule has 2 N–H and O–H groups in total. The van der Waals surface area contributed by atoms with Crippen molar-refractivity contribution in [3.63, 3.8) is 0 Å². The minimum absolute atomic E-state index is 0. The van der Waals surface area contributed by atoms with Gasteiger partial charge in [0.05, 0.1) is 10.2 Å². The SMILES string of the molecule is C.COCOc1c(Br)cc(C(C)(C)C)cc1-c1ccccc1.Cc1ccn(-c2cc(C(C)(C)C)cc(-c3ccccc3)c2O)n1.Cc1ccn[nH]1. The van der Waals surface area contributed by atoms with Crippen molar-refractivity contribution < 1.29 is 14.6 Å². The molecule has 0 unspecified atom stereocenters. The van der Waals surface area contributed by atoms with Crippen LogP contribution in [0.25, 0.3) is 27.9 Å².